The van der Waals surface area contributed by atoms with Gasteiger partial charge in [0.25, 0.3) is 0 Å². The number of aromatic nitrogens is 3. The van der Waals surface area contributed by atoms with Crippen LogP contribution in [0.4, 0.5) is 4.39 Å². The van der Waals surface area contributed by atoms with Gasteiger partial charge < -0.3 is 5.11 Å². The van der Waals surface area contributed by atoms with Crippen molar-refractivity contribution in [2.45, 2.75) is 13.0 Å². The van der Waals surface area contributed by atoms with Crippen molar-refractivity contribution in [1.82, 2.24) is 15.0 Å². The molecule has 0 atom stereocenters. The molecule has 2 aromatic carbocycles. The zero-order valence-corrected chi connectivity index (χ0v) is 11.0. The van der Waals surface area contributed by atoms with Crippen LogP contribution >= 0.6 is 0 Å². The number of aromatic carboxylic acids is 1. The number of carboxylic acids is 1. The molecular formula is C15H12FN3O2. The predicted molar refractivity (Wildman–Crippen MR) is 74.6 cm³/mol. The lowest BCUT2D eigenvalue weighted by molar-refractivity contribution is 0.0697. The van der Waals surface area contributed by atoms with E-state index in [-0.39, 0.29) is 11.4 Å². The Balaban J connectivity index is 1.85. The summed E-state index contributed by atoms with van der Waals surface area (Å²) in [6, 6.07) is 11.2. The summed E-state index contributed by atoms with van der Waals surface area (Å²) in [6.07, 6.45) is 0.492. The van der Waals surface area contributed by atoms with Gasteiger partial charge in [0.1, 0.15) is 11.3 Å². The van der Waals surface area contributed by atoms with Crippen LogP contribution in [0.15, 0.2) is 42.5 Å². The summed E-state index contributed by atoms with van der Waals surface area (Å²) in [7, 11) is 0. The molecule has 21 heavy (non-hydrogen) atoms. The van der Waals surface area contributed by atoms with E-state index in [0.717, 1.165) is 5.52 Å². The number of nitrogens with zero attached hydrogens (tertiary/aromatic N) is 3. The van der Waals surface area contributed by atoms with Gasteiger partial charge in [0.05, 0.1) is 11.1 Å². The van der Waals surface area contributed by atoms with Crippen molar-refractivity contribution < 1.29 is 14.3 Å². The van der Waals surface area contributed by atoms with Crippen LogP contribution in [0.1, 0.15) is 15.9 Å². The Morgan fingerprint density at radius 3 is 2.81 bits per heavy atom. The second-order valence-corrected chi connectivity index (χ2v) is 4.66. The third-order valence-electron chi connectivity index (χ3n) is 3.31. The Bertz CT molecular complexity index is 814. The van der Waals surface area contributed by atoms with E-state index in [1.54, 1.807) is 28.9 Å². The fourth-order valence-corrected chi connectivity index (χ4v) is 2.20. The molecular weight excluding hydrogens is 273 g/mol. The quantitative estimate of drug-likeness (QED) is 0.799. The molecule has 0 radical (unpaired) electrons. The van der Waals surface area contributed by atoms with E-state index in [2.05, 4.69) is 10.3 Å². The standard InChI is InChI=1S/C15H12FN3O2/c16-12-4-2-1-3-10(12)7-8-19-14-6-5-11(15(20)21)9-13(14)17-18-19/h1-6,9H,7-8H2,(H,20,21). The summed E-state index contributed by atoms with van der Waals surface area (Å²) >= 11 is 0. The number of rotatable bonds is 4. The molecule has 1 heterocycles. The van der Waals surface area contributed by atoms with Gasteiger partial charge in [0, 0.05) is 6.54 Å². The van der Waals surface area contributed by atoms with Crippen LogP contribution in [0.3, 0.4) is 0 Å². The van der Waals surface area contributed by atoms with E-state index in [4.69, 9.17) is 5.11 Å². The van der Waals surface area contributed by atoms with Crippen LogP contribution in [-0.2, 0) is 13.0 Å². The molecule has 1 aromatic heterocycles. The van der Waals surface area contributed by atoms with Crippen LogP contribution in [0.2, 0.25) is 0 Å². The first-order valence-electron chi connectivity index (χ1n) is 6.45. The number of fused-ring (bicyclic) bond motifs is 1. The number of hydrogen-bond acceptors (Lipinski definition) is 3. The monoisotopic (exact) mass is 285 g/mol. The summed E-state index contributed by atoms with van der Waals surface area (Å²) in [6.45, 7) is 0.476. The maximum atomic E-state index is 13.6. The maximum absolute atomic E-state index is 13.6. The first-order chi connectivity index (χ1) is 10.1. The van der Waals surface area contributed by atoms with E-state index in [1.165, 1.54) is 18.2 Å². The highest BCUT2D eigenvalue weighted by Gasteiger charge is 2.09. The van der Waals surface area contributed by atoms with Crippen molar-refractivity contribution in [3.8, 4) is 0 Å². The maximum Gasteiger partial charge on any atom is 0.335 e. The van der Waals surface area contributed by atoms with Crippen LogP contribution in [0.25, 0.3) is 11.0 Å². The van der Waals surface area contributed by atoms with Gasteiger partial charge in [0.2, 0.25) is 0 Å². The smallest absolute Gasteiger partial charge is 0.335 e. The molecule has 0 amide bonds. The second-order valence-electron chi connectivity index (χ2n) is 4.66. The van der Waals surface area contributed by atoms with Crippen LogP contribution in [0, 0.1) is 5.82 Å². The van der Waals surface area contributed by atoms with Crippen molar-refractivity contribution in [2.75, 3.05) is 0 Å². The fourth-order valence-electron chi connectivity index (χ4n) is 2.20. The van der Waals surface area contributed by atoms with Crippen LogP contribution in [-0.4, -0.2) is 26.1 Å². The summed E-state index contributed by atoms with van der Waals surface area (Å²) in [5.41, 5.74) is 2.03. The Hall–Kier alpha value is -2.76. The topological polar surface area (TPSA) is 68.0 Å². The van der Waals surface area contributed by atoms with Crippen molar-refractivity contribution >= 4 is 17.0 Å². The van der Waals surface area contributed by atoms with E-state index < -0.39 is 5.97 Å². The molecule has 0 saturated heterocycles. The predicted octanol–water partition coefficient (Wildman–Crippen LogP) is 2.51. The van der Waals surface area contributed by atoms with Crippen LogP contribution in [0.5, 0.6) is 0 Å². The lowest BCUT2D eigenvalue weighted by Crippen LogP contribution is -2.04. The lowest BCUT2D eigenvalue weighted by Gasteiger charge is -2.04. The molecule has 106 valence electrons. The van der Waals surface area contributed by atoms with Crippen molar-refractivity contribution in [1.29, 1.82) is 0 Å². The van der Waals surface area contributed by atoms with E-state index >= 15 is 0 Å². The molecule has 0 unspecified atom stereocenters. The first kappa shape index (κ1) is 13.2. The van der Waals surface area contributed by atoms with Gasteiger partial charge in [-0.15, -0.1) is 5.10 Å². The highest BCUT2D eigenvalue weighted by atomic mass is 19.1. The molecule has 3 rings (SSSR count). The molecule has 0 aliphatic rings. The Morgan fingerprint density at radius 1 is 1.24 bits per heavy atom. The summed E-state index contributed by atoms with van der Waals surface area (Å²) in [5, 5.41) is 16.9. The van der Waals surface area contributed by atoms with E-state index in [9.17, 15) is 9.18 Å². The SMILES string of the molecule is O=C(O)c1ccc2c(c1)nnn2CCc1ccccc1F. The number of hydrogen-bond donors (Lipinski definition) is 1. The average Bonchev–Trinajstić information content (AvgIpc) is 2.88. The van der Waals surface area contributed by atoms with E-state index in [0.29, 0.717) is 24.0 Å². The zero-order valence-electron chi connectivity index (χ0n) is 11.0. The van der Waals surface area contributed by atoms with Crippen molar-refractivity contribution in [2.24, 2.45) is 0 Å². The molecule has 0 aliphatic heterocycles. The van der Waals surface area contributed by atoms with Gasteiger partial charge >= 0.3 is 5.97 Å². The summed E-state index contributed by atoms with van der Waals surface area (Å²) < 4.78 is 15.2. The largest absolute Gasteiger partial charge is 0.478 e. The summed E-state index contributed by atoms with van der Waals surface area (Å²) in [5.74, 6) is -1.24. The minimum absolute atomic E-state index is 0.170. The molecule has 0 spiro atoms. The molecule has 0 aliphatic carbocycles. The molecule has 0 fully saturated rings. The minimum Gasteiger partial charge on any atom is -0.478 e. The number of halogens is 1. The minimum atomic E-state index is -1.00. The number of benzene rings is 2. The van der Waals surface area contributed by atoms with Gasteiger partial charge in [-0.2, -0.15) is 0 Å². The number of carbonyl (C=O) groups is 1. The molecule has 0 bridgehead atoms. The third-order valence-corrected chi connectivity index (χ3v) is 3.31. The number of carboxylic acid groups (broad SMARTS) is 1. The Kier molecular flexibility index (Phi) is 3.35. The van der Waals surface area contributed by atoms with Crippen molar-refractivity contribution in [3.05, 3.63) is 59.4 Å². The average molecular weight is 285 g/mol. The van der Waals surface area contributed by atoms with Gasteiger partial charge in [-0.05, 0) is 36.2 Å². The summed E-state index contributed by atoms with van der Waals surface area (Å²) in [4.78, 5) is 10.9. The first-order valence-corrected chi connectivity index (χ1v) is 6.45. The Morgan fingerprint density at radius 2 is 2.05 bits per heavy atom. The van der Waals surface area contributed by atoms with Gasteiger partial charge in [-0.25, -0.2) is 13.9 Å². The fraction of sp³-hybridized carbons (Fsp3) is 0.133. The van der Waals surface area contributed by atoms with E-state index in [1.807, 2.05) is 0 Å². The van der Waals surface area contributed by atoms with Crippen molar-refractivity contribution in [3.63, 3.8) is 0 Å². The molecule has 3 aromatic rings. The highest BCUT2D eigenvalue weighted by Crippen LogP contribution is 2.15. The normalized spacial score (nSPS) is 10.9. The molecule has 5 nitrogen and oxygen atoms in total. The number of aryl methyl sites for hydroxylation is 2. The molecule has 0 saturated carbocycles. The van der Waals surface area contributed by atoms with Crippen LogP contribution < -0.4 is 0 Å². The highest BCUT2D eigenvalue weighted by molar-refractivity contribution is 5.92. The van der Waals surface area contributed by atoms with Gasteiger partial charge in [-0.3, -0.25) is 0 Å². The third kappa shape index (κ3) is 2.60. The Labute approximate surface area is 119 Å². The molecule has 6 heteroatoms. The van der Waals surface area contributed by atoms with Gasteiger partial charge in [0.15, 0.2) is 0 Å². The molecule has 1 N–H and O–H groups in total. The second kappa shape index (κ2) is 5.32. The lowest BCUT2D eigenvalue weighted by atomic mass is 10.1. The zero-order chi connectivity index (χ0) is 14.8. The van der Waals surface area contributed by atoms with Gasteiger partial charge in [-0.1, -0.05) is 23.4 Å².